The maximum Gasteiger partial charge on any atom is 0.194 e. The third-order valence-electron chi connectivity index (χ3n) is 3.84. The Bertz CT molecular complexity index is 735. The summed E-state index contributed by atoms with van der Waals surface area (Å²) in [6.45, 7) is 11.0. The summed E-state index contributed by atoms with van der Waals surface area (Å²) in [4.78, 5) is 6.80. The van der Waals surface area contributed by atoms with Gasteiger partial charge in [-0.25, -0.2) is 4.99 Å². The van der Waals surface area contributed by atoms with Crippen LogP contribution < -0.4 is 5.32 Å². The highest BCUT2D eigenvalue weighted by Gasteiger charge is 2.08. The number of nitrogens with one attached hydrogen (secondary N) is 1. The lowest BCUT2D eigenvalue weighted by molar-refractivity contribution is 0.471. The number of rotatable bonds is 8. The van der Waals surface area contributed by atoms with E-state index < -0.39 is 0 Å². The molecule has 6 nitrogen and oxygen atoms in total. The molecule has 0 fully saturated rings. The normalized spacial score (nSPS) is 11.5. The van der Waals surface area contributed by atoms with E-state index in [1.54, 1.807) is 6.33 Å². The average Bonchev–Trinajstić information content (AvgIpc) is 3.07. The highest BCUT2D eigenvalue weighted by molar-refractivity contribution is 9.10. The molecule has 0 saturated carbocycles. The molecular formula is C19H27BrN6. The van der Waals surface area contributed by atoms with E-state index in [-0.39, 0.29) is 0 Å². The number of guanidine groups is 1. The number of aryl methyl sites for hydroxylation is 1. The van der Waals surface area contributed by atoms with E-state index in [9.17, 15) is 0 Å². The van der Waals surface area contributed by atoms with Gasteiger partial charge >= 0.3 is 0 Å². The number of hydrogen-bond donors (Lipinski definition) is 1. The van der Waals surface area contributed by atoms with Crippen LogP contribution in [0.1, 0.15) is 25.2 Å². The van der Waals surface area contributed by atoms with Crippen molar-refractivity contribution in [2.75, 3.05) is 20.1 Å². The second-order valence-corrected chi connectivity index (χ2v) is 7.22. The number of hydrogen-bond acceptors (Lipinski definition) is 3. The average molecular weight is 419 g/mol. The molecule has 140 valence electrons. The molecule has 1 aromatic heterocycles. The lowest BCUT2D eigenvalue weighted by Crippen LogP contribution is -2.40. The van der Waals surface area contributed by atoms with Gasteiger partial charge in [0.15, 0.2) is 5.96 Å². The molecule has 0 atom stereocenters. The summed E-state index contributed by atoms with van der Waals surface area (Å²) in [5.41, 5.74) is 2.26. The van der Waals surface area contributed by atoms with Crippen molar-refractivity contribution < 1.29 is 0 Å². The van der Waals surface area contributed by atoms with Crippen LogP contribution in [0.2, 0.25) is 0 Å². The summed E-state index contributed by atoms with van der Waals surface area (Å²) in [7, 11) is 2.04. The Balaban J connectivity index is 1.99. The molecule has 0 bridgehead atoms. The van der Waals surface area contributed by atoms with Gasteiger partial charge in [-0.2, -0.15) is 0 Å². The van der Waals surface area contributed by atoms with Crippen molar-refractivity contribution >= 4 is 21.9 Å². The van der Waals surface area contributed by atoms with Gasteiger partial charge in [-0.1, -0.05) is 47.1 Å². The van der Waals surface area contributed by atoms with Gasteiger partial charge in [-0.15, -0.1) is 10.2 Å². The van der Waals surface area contributed by atoms with Gasteiger partial charge in [0.05, 0.1) is 6.54 Å². The summed E-state index contributed by atoms with van der Waals surface area (Å²) >= 11 is 3.47. The Morgan fingerprint density at radius 3 is 2.73 bits per heavy atom. The van der Waals surface area contributed by atoms with E-state index >= 15 is 0 Å². The second-order valence-electron chi connectivity index (χ2n) is 6.30. The van der Waals surface area contributed by atoms with Crippen LogP contribution in [0.15, 0.2) is 52.2 Å². The molecule has 0 aliphatic rings. The summed E-state index contributed by atoms with van der Waals surface area (Å²) in [5.74, 6) is 1.86. The lowest BCUT2D eigenvalue weighted by Gasteiger charge is -2.23. The molecule has 2 aromatic rings. The molecule has 0 radical (unpaired) electrons. The molecule has 2 rings (SSSR count). The molecule has 0 unspecified atom stereocenters. The molecule has 0 aliphatic heterocycles. The molecule has 7 heteroatoms. The van der Waals surface area contributed by atoms with E-state index in [4.69, 9.17) is 0 Å². The zero-order chi connectivity index (χ0) is 18.9. The Morgan fingerprint density at radius 1 is 1.35 bits per heavy atom. The number of nitrogens with zero attached hydrogens (tertiary/aromatic N) is 5. The molecule has 0 saturated heterocycles. The van der Waals surface area contributed by atoms with E-state index in [1.165, 1.54) is 5.56 Å². The minimum Gasteiger partial charge on any atom is -0.354 e. The SMILES string of the molecule is C=C(C)CN=C(NCCn1cnnc1CC)N(C)Cc1ccc(Br)cc1. The third kappa shape index (κ3) is 6.29. The first-order chi connectivity index (χ1) is 12.5. The molecule has 0 spiro atoms. The molecule has 1 N–H and O–H groups in total. The standard InChI is InChI=1S/C19H27BrN6/c1-5-18-24-23-14-26(18)11-10-21-19(22-12-15(2)3)25(4)13-16-6-8-17(20)9-7-16/h6-9,14H,2,5,10-13H2,1,3-4H3,(H,21,22). The van der Waals surface area contributed by atoms with Crippen molar-refractivity contribution in [2.24, 2.45) is 4.99 Å². The molecule has 1 aromatic carbocycles. The van der Waals surface area contributed by atoms with Gasteiger partial charge < -0.3 is 14.8 Å². The predicted octanol–water partition coefficient (Wildman–Crippen LogP) is 3.26. The Kier molecular flexibility index (Phi) is 7.84. The first kappa shape index (κ1) is 20.2. The van der Waals surface area contributed by atoms with Crippen LogP contribution in [0.5, 0.6) is 0 Å². The quantitative estimate of drug-likeness (QED) is 0.406. The van der Waals surface area contributed by atoms with Crippen LogP contribution in [0.4, 0.5) is 0 Å². The third-order valence-corrected chi connectivity index (χ3v) is 4.37. The van der Waals surface area contributed by atoms with Crippen molar-refractivity contribution in [3.63, 3.8) is 0 Å². The summed E-state index contributed by atoms with van der Waals surface area (Å²) in [5, 5.41) is 11.5. The van der Waals surface area contributed by atoms with Crippen molar-refractivity contribution in [1.82, 2.24) is 25.0 Å². The zero-order valence-electron chi connectivity index (χ0n) is 15.7. The number of benzene rings is 1. The van der Waals surface area contributed by atoms with Gasteiger partial charge in [0.25, 0.3) is 0 Å². The Labute approximate surface area is 164 Å². The molecule has 1 heterocycles. The maximum atomic E-state index is 4.68. The fourth-order valence-electron chi connectivity index (χ4n) is 2.49. The largest absolute Gasteiger partial charge is 0.354 e. The Hall–Kier alpha value is -2.15. The fourth-order valence-corrected chi connectivity index (χ4v) is 2.75. The number of aliphatic imine (C=N–C) groups is 1. The van der Waals surface area contributed by atoms with Crippen molar-refractivity contribution in [1.29, 1.82) is 0 Å². The van der Waals surface area contributed by atoms with Crippen LogP contribution >= 0.6 is 15.9 Å². The molecule has 0 aliphatic carbocycles. The highest BCUT2D eigenvalue weighted by Crippen LogP contribution is 2.12. The summed E-state index contributed by atoms with van der Waals surface area (Å²) in [6, 6.07) is 8.34. The molecule has 26 heavy (non-hydrogen) atoms. The smallest absolute Gasteiger partial charge is 0.194 e. The minimum atomic E-state index is 0.611. The van der Waals surface area contributed by atoms with Gasteiger partial charge in [0.1, 0.15) is 12.2 Å². The first-order valence-corrected chi connectivity index (χ1v) is 9.53. The van der Waals surface area contributed by atoms with Crippen molar-refractivity contribution in [3.8, 4) is 0 Å². The van der Waals surface area contributed by atoms with Crippen LogP contribution in [-0.2, 0) is 19.5 Å². The van der Waals surface area contributed by atoms with Crippen LogP contribution in [0, 0.1) is 0 Å². The minimum absolute atomic E-state index is 0.611. The van der Waals surface area contributed by atoms with Crippen LogP contribution in [0.25, 0.3) is 0 Å². The second kappa shape index (κ2) is 10.1. The van der Waals surface area contributed by atoms with E-state index in [0.29, 0.717) is 6.54 Å². The van der Waals surface area contributed by atoms with Crippen LogP contribution in [0.3, 0.4) is 0 Å². The zero-order valence-corrected chi connectivity index (χ0v) is 17.3. The number of aromatic nitrogens is 3. The monoisotopic (exact) mass is 418 g/mol. The predicted molar refractivity (Wildman–Crippen MR) is 110 cm³/mol. The summed E-state index contributed by atoms with van der Waals surface area (Å²) < 4.78 is 3.15. The van der Waals surface area contributed by atoms with Crippen LogP contribution in [-0.4, -0.2) is 45.8 Å². The van der Waals surface area contributed by atoms with Gasteiger partial charge in [-0.05, 0) is 24.6 Å². The van der Waals surface area contributed by atoms with Gasteiger partial charge in [0.2, 0.25) is 0 Å². The maximum absolute atomic E-state index is 4.68. The fraction of sp³-hybridized carbons (Fsp3) is 0.421. The van der Waals surface area contributed by atoms with Gasteiger partial charge in [0, 0.05) is 37.6 Å². The van der Waals surface area contributed by atoms with E-state index in [1.807, 2.05) is 14.0 Å². The number of halogens is 1. The molecular weight excluding hydrogens is 392 g/mol. The Morgan fingerprint density at radius 2 is 2.08 bits per heavy atom. The topological polar surface area (TPSA) is 58.3 Å². The summed E-state index contributed by atoms with van der Waals surface area (Å²) in [6.07, 6.45) is 2.65. The van der Waals surface area contributed by atoms with E-state index in [2.05, 4.69) is 83.7 Å². The lowest BCUT2D eigenvalue weighted by atomic mass is 10.2. The van der Waals surface area contributed by atoms with Crippen molar-refractivity contribution in [2.45, 2.75) is 33.4 Å². The van der Waals surface area contributed by atoms with Crippen molar-refractivity contribution in [3.05, 3.63) is 58.6 Å². The highest BCUT2D eigenvalue weighted by atomic mass is 79.9. The van der Waals surface area contributed by atoms with E-state index in [0.717, 1.165) is 47.9 Å². The first-order valence-electron chi connectivity index (χ1n) is 8.74. The van der Waals surface area contributed by atoms with Gasteiger partial charge in [-0.3, -0.25) is 0 Å². The molecule has 0 amide bonds.